The SMILES string of the molecule is CC1CCN(c2cc(C(=O)NCc3ccncc3)ncn2)CC1. The molecule has 1 amide bonds. The molecule has 2 aromatic heterocycles. The first kappa shape index (κ1) is 15.4. The number of rotatable bonds is 4. The summed E-state index contributed by atoms with van der Waals surface area (Å²) in [6.07, 6.45) is 7.21. The van der Waals surface area contributed by atoms with Crippen LogP contribution < -0.4 is 10.2 Å². The first-order valence-corrected chi connectivity index (χ1v) is 7.96. The highest BCUT2D eigenvalue weighted by Crippen LogP contribution is 2.21. The van der Waals surface area contributed by atoms with E-state index in [4.69, 9.17) is 0 Å². The smallest absolute Gasteiger partial charge is 0.270 e. The van der Waals surface area contributed by atoms with Crippen molar-refractivity contribution in [2.24, 2.45) is 5.92 Å². The van der Waals surface area contributed by atoms with Crippen LogP contribution in [0, 0.1) is 5.92 Å². The standard InChI is InChI=1S/C17H21N5O/c1-13-4-8-22(9-5-13)16-10-15(20-12-21-16)17(23)19-11-14-2-6-18-7-3-14/h2-3,6-7,10,12-13H,4-5,8-9,11H2,1H3,(H,19,23). The molecule has 0 saturated carbocycles. The van der Waals surface area contributed by atoms with E-state index in [2.05, 4.69) is 32.1 Å². The van der Waals surface area contributed by atoms with Crippen LogP contribution in [0.2, 0.25) is 0 Å². The molecule has 0 aliphatic carbocycles. The Hall–Kier alpha value is -2.50. The number of piperidine rings is 1. The van der Waals surface area contributed by atoms with Crippen molar-refractivity contribution in [1.29, 1.82) is 0 Å². The number of nitrogens with zero attached hydrogens (tertiary/aromatic N) is 4. The second kappa shape index (κ2) is 7.17. The first-order chi connectivity index (χ1) is 11.2. The Balaban J connectivity index is 1.63. The Labute approximate surface area is 136 Å². The number of carbonyl (C=O) groups is 1. The van der Waals surface area contributed by atoms with Crippen LogP contribution in [0.15, 0.2) is 36.9 Å². The zero-order valence-electron chi connectivity index (χ0n) is 13.3. The van der Waals surface area contributed by atoms with Crippen molar-refractivity contribution in [2.45, 2.75) is 26.3 Å². The molecule has 0 unspecified atom stereocenters. The van der Waals surface area contributed by atoms with Crippen molar-refractivity contribution in [3.63, 3.8) is 0 Å². The topological polar surface area (TPSA) is 71.0 Å². The van der Waals surface area contributed by atoms with Crippen LogP contribution in [-0.2, 0) is 6.54 Å². The first-order valence-electron chi connectivity index (χ1n) is 7.96. The average molecular weight is 311 g/mol. The van der Waals surface area contributed by atoms with Crippen molar-refractivity contribution >= 4 is 11.7 Å². The molecule has 0 bridgehead atoms. The highest BCUT2D eigenvalue weighted by molar-refractivity contribution is 5.92. The maximum Gasteiger partial charge on any atom is 0.270 e. The predicted octanol–water partition coefficient (Wildman–Crippen LogP) is 2.04. The summed E-state index contributed by atoms with van der Waals surface area (Å²) in [5.74, 6) is 1.41. The summed E-state index contributed by atoms with van der Waals surface area (Å²) in [4.78, 5) is 26.9. The Morgan fingerprint density at radius 2 is 2.00 bits per heavy atom. The summed E-state index contributed by atoms with van der Waals surface area (Å²) in [7, 11) is 0. The minimum Gasteiger partial charge on any atom is -0.356 e. The molecule has 6 heteroatoms. The summed E-state index contributed by atoms with van der Waals surface area (Å²) < 4.78 is 0. The second-order valence-electron chi connectivity index (χ2n) is 5.97. The van der Waals surface area contributed by atoms with E-state index in [1.165, 1.54) is 6.33 Å². The van der Waals surface area contributed by atoms with Gasteiger partial charge in [0, 0.05) is 38.1 Å². The van der Waals surface area contributed by atoms with Crippen molar-refractivity contribution in [2.75, 3.05) is 18.0 Å². The highest BCUT2D eigenvalue weighted by Gasteiger charge is 2.18. The summed E-state index contributed by atoms with van der Waals surface area (Å²) in [6, 6.07) is 5.53. The number of anilines is 1. The molecule has 120 valence electrons. The Bertz CT molecular complexity index is 653. The zero-order valence-corrected chi connectivity index (χ0v) is 13.3. The maximum absolute atomic E-state index is 12.3. The van der Waals surface area contributed by atoms with Gasteiger partial charge in [-0.15, -0.1) is 0 Å². The van der Waals surface area contributed by atoms with Gasteiger partial charge in [0.25, 0.3) is 5.91 Å². The molecule has 3 heterocycles. The molecule has 1 N–H and O–H groups in total. The predicted molar refractivity (Wildman–Crippen MR) is 88.1 cm³/mol. The lowest BCUT2D eigenvalue weighted by Crippen LogP contribution is -2.34. The van der Waals surface area contributed by atoms with Gasteiger partial charge in [0.15, 0.2) is 0 Å². The number of nitrogens with one attached hydrogen (secondary N) is 1. The van der Waals surface area contributed by atoms with Crippen LogP contribution in [-0.4, -0.2) is 33.9 Å². The van der Waals surface area contributed by atoms with E-state index in [9.17, 15) is 4.79 Å². The van der Waals surface area contributed by atoms with Gasteiger partial charge in [-0.05, 0) is 36.5 Å². The van der Waals surface area contributed by atoms with Gasteiger partial charge in [0.2, 0.25) is 0 Å². The van der Waals surface area contributed by atoms with E-state index < -0.39 is 0 Å². The van der Waals surface area contributed by atoms with E-state index >= 15 is 0 Å². The van der Waals surface area contributed by atoms with Crippen molar-refractivity contribution in [3.8, 4) is 0 Å². The normalized spacial score (nSPS) is 15.4. The Morgan fingerprint density at radius 3 is 2.74 bits per heavy atom. The number of amides is 1. The quantitative estimate of drug-likeness (QED) is 0.935. The molecule has 0 radical (unpaired) electrons. The fourth-order valence-electron chi connectivity index (χ4n) is 2.66. The van der Waals surface area contributed by atoms with Crippen LogP contribution in [0.4, 0.5) is 5.82 Å². The lowest BCUT2D eigenvalue weighted by Gasteiger charge is -2.31. The lowest BCUT2D eigenvalue weighted by molar-refractivity contribution is 0.0945. The van der Waals surface area contributed by atoms with Gasteiger partial charge >= 0.3 is 0 Å². The van der Waals surface area contributed by atoms with Crippen LogP contribution in [0.1, 0.15) is 35.8 Å². The molecule has 1 saturated heterocycles. The highest BCUT2D eigenvalue weighted by atomic mass is 16.1. The Morgan fingerprint density at radius 1 is 1.26 bits per heavy atom. The molecular weight excluding hydrogens is 290 g/mol. The van der Waals surface area contributed by atoms with Crippen molar-refractivity contribution < 1.29 is 4.79 Å². The molecule has 0 spiro atoms. The molecule has 0 atom stereocenters. The van der Waals surface area contributed by atoms with Gasteiger partial charge in [-0.25, -0.2) is 9.97 Å². The zero-order chi connectivity index (χ0) is 16.1. The Kier molecular flexibility index (Phi) is 4.80. The fraction of sp³-hybridized carbons (Fsp3) is 0.412. The molecular formula is C17H21N5O. The van der Waals surface area contributed by atoms with Crippen LogP contribution in [0.25, 0.3) is 0 Å². The molecule has 23 heavy (non-hydrogen) atoms. The minimum atomic E-state index is -0.184. The van der Waals surface area contributed by atoms with Gasteiger partial charge in [-0.1, -0.05) is 6.92 Å². The fourth-order valence-corrected chi connectivity index (χ4v) is 2.66. The number of hydrogen-bond donors (Lipinski definition) is 1. The molecule has 0 aromatic carbocycles. The van der Waals surface area contributed by atoms with Gasteiger partial charge in [0.05, 0.1) is 0 Å². The molecule has 1 aliphatic rings. The van der Waals surface area contributed by atoms with E-state index in [1.54, 1.807) is 18.5 Å². The number of aromatic nitrogens is 3. The van der Waals surface area contributed by atoms with Crippen LogP contribution >= 0.6 is 0 Å². The van der Waals surface area contributed by atoms with Crippen LogP contribution in [0.5, 0.6) is 0 Å². The lowest BCUT2D eigenvalue weighted by atomic mass is 9.99. The third-order valence-electron chi connectivity index (χ3n) is 4.20. The molecule has 3 rings (SSSR count). The molecule has 6 nitrogen and oxygen atoms in total. The van der Waals surface area contributed by atoms with Crippen molar-refractivity contribution in [3.05, 3.63) is 48.2 Å². The van der Waals surface area contributed by atoms with Gasteiger partial charge < -0.3 is 10.2 Å². The van der Waals surface area contributed by atoms with Gasteiger partial charge in [0.1, 0.15) is 17.8 Å². The molecule has 1 aliphatic heterocycles. The largest absolute Gasteiger partial charge is 0.356 e. The second-order valence-corrected chi connectivity index (χ2v) is 5.97. The van der Waals surface area contributed by atoms with Gasteiger partial charge in [-0.2, -0.15) is 0 Å². The van der Waals surface area contributed by atoms with E-state index in [0.29, 0.717) is 12.2 Å². The van der Waals surface area contributed by atoms with Gasteiger partial charge in [-0.3, -0.25) is 9.78 Å². The summed E-state index contributed by atoms with van der Waals surface area (Å²) in [5.41, 5.74) is 1.41. The summed E-state index contributed by atoms with van der Waals surface area (Å²) in [5, 5.41) is 2.88. The number of pyridine rings is 1. The van der Waals surface area contributed by atoms with Crippen LogP contribution in [0.3, 0.4) is 0 Å². The number of hydrogen-bond acceptors (Lipinski definition) is 5. The third-order valence-corrected chi connectivity index (χ3v) is 4.20. The van der Waals surface area contributed by atoms with E-state index in [1.807, 2.05) is 12.1 Å². The summed E-state index contributed by atoms with van der Waals surface area (Å²) >= 11 is 0. The average Bonchev–Trinajstić information content (AvgIpc) is 2.61. The van der Waals surface area contributed by atoms with Crippen molar-refractivity contribution in [1.82, 2.24) is 20.3 Å². The number of carbonyl (C=O) groups excluding carboxylic acids is 1. The van der Waals surface area contributed by atoms with E-state index in [0.717, 1.165) is 43.2 Å². The third kappa shape index (κ3) is 4.03. The monoisotopic (exact) mass is 311 g/mol. The molecule has 1 fully saturated rings. The van der Waals surface area contributed by atoms with E-state index in [-0.39, 0.29) is 5.91 Å². The maximum atomic E-state index is 12.3. The molecule has 2 aromatic rings. The summed E-state index contributed by atoms with van der Waals surface area (Å²) in [6.45, 7) is 4.70. The minimum absolute atomic E-state index is 0.184.